The highest BCUT2D eigenvalue weighted by molar-refractivity contribution is 7.16. The van der Waals surface area contributed by atoms with Gasteiger partial charge < -0.3 is 5.11 Å². The molecule has 1 aliphatic rings. The van der Waals surface area contributed by atoms with Crippen molar-refractivity contribution in [2.45, 2.75) is 19.3 Å². The zero-order chi connectivity index (χ0) is 22.4. The minimum atomic E-state index is -5.08. The molecule has 3 heterocycles. The average molecular weight is 472 g/mol. The number of halogens is 4. The van der Waals surface area contributed by atoms with Crippen LogP contribution in [-0.4, -0.2) is 58.2 Å². The number of fused-ring (bicyclic) bond motifs is 1. The third-order valence-corrected chi connectivity index (χ3v) is 6.08. The molecule has 1 aromatic carbocycles. The Bertz CT molecular complexity index is 1020. The number of aromatic nitrogens is 1. The Morgan fingerprint density at radius 2 is 1.65 bits per heavy atom. The van der Waals surface area contributed by atoms with E-state index in [2.05, 4.69) is 45.1 Å². The van der Waals surface area contributed by atoms with E-state index in [-0.39, 0.29) is 0 Å². The fraction of sp³-hybridized carbons (Fsp3) is 0.333. The molecule has 166 valence electrons. The van der Waals surface area contributed by atoms with Gasteiger partial charge in [-0.1, -0.05) is 35.9 Å². The molecule has 0 atom stereocenters. The first-order chi connectivity index (χ1) is 14.7. The first kappa shape index (κ1) is 23.5. The van der Waals surface area contributed by atoms with Crippen molar-refractivity contribution in [2.24, 2.45) is 0 Å². The summed E-state index contributed by atoms with van der Waals surface area (Å²) in [6, 6.07) is 12.6. The molecule has 0 radical (unpaired) electrons. The van der Waals surface area contributed by atoms with Gasteiger partial charge in [0.1, 0.15) is 0 Å². The van der Waals surface area contributed by atoms with Gasteiger partial charge in [-0.25, -0.2) is 4.79 Å². The largest absolute Gasteiger partial charge is 0.490 e. The van der Waals surface area contributed by atoms with E-state index >= 15 is 0 Å². The van der Waals surface area contributed by atoms with Crippen LogP contribution in [-0.2, 0) is 17.9 Å². The van der Waals surface area contributed by atoms with E-state index in [1.807, 2.05) is 18.5 Å². The number of aliphatic carboxylic acids is 1. The van der Waals surface area contributed by atoms with Crippen molar-refractivity contribution in [3.63, 3.8) is 0 Å². The molecule has 10 heteroatoms. The molecular weight excluding hydrogens is 451 g/mol. The minimum absolute atomic E-state index is 0.882. The maximum Gasteiger partial charge on any atom is 0.490 e. The Kier molecular flexibility index (Phi) is 7.88. The molecule has 1 N–H and O–H groups in total. The second kappa shape index (κ2) is 10.4. The van der Waals surface area contributed by atoms with Crippen molar-refractivity contribution >= 4 is 39.7 Å². The summed E-state index contributed by atoms with van der Waals surface area (Å²) in [5, 5.41) is 9.67. The normalized spacial score (nSPS) is 15.5. The number of pyridine rings is 1. The van der Waals surface area contributed by atoms with E-state index in [0.717, 1.165) is 43.6 Å². The van der Waals surface area contributed by atoms with Gasteiger partial charge in [-0.15, -0.1) is 11.3 Å². The van der Waals surface area contributed by atoms with E-state index in [1.54, 1.807) is 11.3 Å². The molecule has 0 aliphatic carbocycles. The van der Waals surface area contributed by atoms with Crippen LogP contribution in [0.15, 0.2) is 48.8 Å². The topological polar surface area (TPSA) is 56.7 Å². The first-order valence-electron chi connectivity index (χ1n) is 9.53. The molecule has 31 heavy (non-hydrogen) atoms. The molecule has 0 amide bonds. The van der Waals surface area contributed by atoms with E-state index < -0.39 is 12.1 Å². The maximum absolute atomic E-state index is 10.6. The highest BCUT2D eigenvalue weighted by Gasteiger charge is 2.38. The van der Waals surface area contributed by atoms with Crippen molar-refractivity contribution < 1.29 is 23.1 Å². The molecule has 5 nitrogen and oxygen atoms in total. The number of nitrogens with zero attached hydrogens (tertiary/aromatic N) is 3. The number of rotatable bonds is 4. The number of piperazine rings is 1. The molecule has 0 unspecified atom stereocenters. The smallest absolute Gasteiger partial charge is 0.475 e. The Hall–Kier alpha value is -2.20. The van der Waals surface area contributed by atoms with Crippen LogP contribution in [0.25, 0.3) is 10.8 Å². The summed E-state index contributed by atoms with van der Waals surface area (Å²) in [5.74, 6) is -2.76. The Morgan fingerprint density at radius 1 is 1.03 bits per heavy atom. The summed E-state index contributed by atoms with van der Waals surface area (Å²) in [7, 11) is 0. The van der Waals surface area contributed by atoms with Crippen LogP contribution >= 0.6 is 22.9 Å². The van der Waals surface area contributed by atoms with Gasteiger partial charge in [-0.2, -0.15) is 13.2 Å². The number of benzene rings is 1. The lowest BCUT2D eigenvalue weighted by molar-refractivity contribution is -0.192. The Balaban J connectivity index is 0.000000339. The summed E-state index contributed by atoms with van der Waals surface area (Å²) >= 11 is 7.71. The number of carboxylic acids is 1. The summed E-state index contributed by atoms with van der Waals surface area (Å²) in [6.07, 6.45) is -1.12. The molecule has 4 rings (SSSR count). The van der Waals surface area contributed by atoms with Crippen molar-refractivity contribution in [3.8, 4) is 0 Å². The number of alkyl halides is 3. The number of hydrogen-bond acceptors (Lipinski definition) is 5. The highest BCUT2D eigenvalue weighted by atomic mass is 35.5. The van der Waals surface area contributed by atoms with Gasteiger partial charge in [-0.05, 0) is 23.1 Å². The quantitative estimate of drug-likeness (QED) is 0.586. The zero-order valence-electron chi connectivity index (χ0n) is 16.5. The summed E-state index contributed by atoms with van der Waals surface area (Å²) in [6.45, 7) is 6.40. The van der Waals surface area contributed by atoms with E-state index in [1.165, 1.54) is 21.2 Å². The number of hydrogen-bond donors (Lipinski definition) is 1. The molecule has 2 aromatic heterocycles. The van der Waals surface area contributed by atoms with Crippen LogP contribution in [0.4, 0.5) is 13.2 Å². The summed E-state index contributed by atoms with van der Waals surface area (Å²) < 4.78 is 32.6. The van der Waals surface area contributed by atoms with E-state index in [4.69, 9.17) is 21.5 Å². The lowest BCUT2D eigenvalue weighted by Gasteiger charge is -2.34. The minimum Gasteiger partial charge on any atom is -0.475 e. The number of carboxylic acid groups (broad SMARTS) is 1. The van der Waals surface area contributed by atoms with Crippen LogP contribution in [0.5, 0.6) is 0 Å². The second-order valence-corrected chi connectivity index (χ2v) is 8.88. The predicted octanol–water partition coefficient (Wildman–Crippen LogP) is 4.90. The molecule has 1 fully saturated rings. The van der Waals surface area contributed by atoms with Crippen LogP contribution in [0.2, 0.25) is 4.34 Å². The van der Waals surface area contributed by atoms with Crippen molar-refractivity contribution in [1.29, 1.82) is 0 Å². The van der Waals surface area contributed by atoms with E-state index in [9.17, 15) is 13.2 Å². The summed E-state index contributed by atoms with van der Waals surface area (Å²) in [4.78, 5) is 19.7. The first-order valence-corrected chi connectivity index (χ1v) is 10.7. The van der Waals surface area contributed by atoms with Gasteiger partial charge >= 0.3 is 12.1 Å². The third kappa shape index (κ3) is 6.90. The molecule has 0 saturated carbocycles. The van der Waals surface area contributed by atoms with Gasteiger partial charge in [0.2, 0.25) is 0 Å². The van der Waals surface area contributed by atoms with Gasteiger partial charge in [0.15, 0.2) is 0 Å². The average Bonchev–Trinajstić information content (AvgIpc) is 3.14. The van der Waals surface area contributed by atoms with E-state index in [0.29, 0.717) is 0 Å². The van der Waals surface area contributed by atoms with Gasteiger partial charge in [-0.3, -0.25) is 14.8 Å². The predicted molar refractivity (Wildman–Crippen MR) is 115 cm³/mol. The van der Waals surface area contributed by atoms with Gasteiger partial charge in [0, 0.05) is 61.9 Å². The molecule has 3 aromatic rings. The standard InChI is InChI=1S/C19H20ClN3S.C2HF3O2/c20-19-6-5-17(24-19)14-23-9-7-22(8-10-23)13-16-12-21-11-15-3-1-2-4-18(15)16;3-2(4,5)1(6)7/h1-6,11-12H,7-10,13-14H2;(H,6,7). The van der Waals surface area contributed by atoms with Crippen molar-refractivity contribution in [2.75, 3.05) is 26.2 Å². The Labute approximate surface area is 186 Å². The fourth-order valence-electron chi connectivity index (χ4n) is 3.31. The molecule has 1 aliphatic heterocycles. The van der Waals surface area contributed by atoms with Crippen LogP contribution in [0.1, 0.15) is 10.4 Å². The molecule has 0 spiro atoms. The highest BCUT2D eigenvalue weighted by Crippen LogP contribution is 2.24. The fourth-order valence-corrected chi connectivity index (χ4v) is 4.44. The molecule has 1 saturated heterocycles. The SMILES string of the molecule is Clc1ccc(CN2CCN(Cc3cncc4ccccc34)CC2)s1.O=C(O)C(F)(F)F. The zero-order valence-corrected chi connectivity index (χ0v) is 18.1. The monoisotopic (exact) mass is 471 g/mol. The lowest BCUT2D eigenvalue weighted by atomic mass is 10.1. The molecule has 0 bridgehead atoms. The Morgan fingerprint density at radius 3 is 2.23 bits per heavy atom. The van der Waals surface area contributed by atoms with Gasteiger partial charge in [0.25, 0.3) is 0 Å². The van der Waals surface area contributed by atoms with Crippen LogP contribution in [0, 0.1) is 0 Å². The number of carbonyl (C=O) groups is 1. The summed E-state index contributed by atoms with van der Waals surface area (Å²) in [5.41, 5.74) is 1.33. The van der Waals surface area contributed by atoms with Crippen LogP contribution < -0.4 is 0 Å². The molecular formula is C21H21ClF3N3O2S. The van der Waals surface area contributed by atoms with Crippen LogP contribution in [0.3, 0.4) is 0 Å². The van der Waals surface area contributed by atoms with Crippen molar-refractivity contribution in [3.05, 3.63) is 63.6 Å². The lowest BCUT2D eigenvalue weighted by Crippen LogP contribution is -2.45. The second-order valence-electron chi connectivity index (χ2n) is 7.08. The maximum atomic E-state index is 10.6. The van der Waals surface area contributed by atoms with Gasteiger partial charge in [0.05, 0.1) is 4.34 Å². The van der Waals surface area contributed by atoms with Crippen molar-refractivity contribution in [1.82, 2.24) is 14.8 Å². The number of thiophene rings is 1. The third-order valence-electron chi connectivity index (χ3n) is 4.86.